The summed E-state index contributed by atoms with van der Waals surface area (Å²) in [5, 5.41) is 14.8. The molecule has 26 heavy (non-hydrogen) atoms. The third-order valence-electron chi connectivity index (χ3n) is 4.96. The fraction of sp³-hybridized carbons (Fsp3) is 0.579. The van der Waals surface area contributed by atoms with Gasteiger partial charge in [0.05, 0.1) is 13.2 Å². The van der Waals surface area contributed by atoms with Crippen molar-refractivity contribution in [1.29, 1.82) is 0 Å². The minimum Gasteiger partial charge on any atom is -0.473 e. The Morgan fingerprint density at radius 2 is 1.62 bits per heavy atom. The second-order valence-corrected chi connectivity index (χ2v) is 6.69. The van der Waals surface area contributed by atoms with Crippen molar-refractivity contribution in [3.63, 3.8) is 0 Å². The molecule has 1 aromatic carbocycles. The highest BCUT2D eigenvalue weighted by atomic mass is 16.5. The molecule has 7 nitrogen and oxygen atoms in total. The topological polar surface area (TPSA) is 90.3 Å². The maximum atomic E-state index is 9.10. The van der Waals surface area contributed by atoms with E-state index in [2.05, 4.69) is 41.0 Å². The highest BCUT2D eigenvalue weighted by Gasteiger charge is 2.25. The zero-order valence-corrected chi connectivity index (χ0v) is 15.3. The summed E-state index contributed by atoms with van der Waals surface area (Å²) in [5.74, 6) is -3.65. The average Bonchev–Trinajstić information content (AvgIpc) is 2.65. The zero-order valence-electron chi connectivity index (χ0n) is 15.3. The smallest absolute Gasteiger partial charge is 0.414 e. The molecule has 0 saturated carbocycles. The highest BCUT2D eigenvalue weighted by Crippen LogP contribution is 2.20. The number of piperidine rings is 1. The standard InChI is InChI=1S/C17H26N2O.C2H2O4/c1-15-4-2-3-5-16(15)14-18-8-6-17(7-9-18)19-10-12-20-13-11-19;3-1(4)2(5)6/h2-5,17H,6-14H2,1H3;(H,3,4)(H,5,6). The first-order valence-corrected chi connectivity index (χ1v) is 9.02. The number of carboxylic acids is 2. The van der Waals surface area contributed by atoms with Crippen LogP contribution in [0.4, 0.5) is 0 Å². The number of morpholine rings is 1. The van der Waals surface area contributed by atoms with Crippen LogP contribution in [0.25, 0.3) is 0 Å². The molecule has 1 aromatic rings. The number of benzene rings is 1. The van der Waals surface area contributed by atoms with Gasteiger partial charge in [-0.15, -0.1) is 0 Å². The minimum absolute atomic E-state index is 0.784. The number of nitrogens with zero attached hydrogens (tertiary/aromatic N) is 2. The Balaban J connectivity index is 0.000000352. The van der Waals surface area contributed by atoms with Gasteiger partial charge in [0.25, 0.3) is 0 Å². The number of hydrogen-bond donors (Lipinski definition) is 2. The maximum Gasteiger partial charge on any atom is 0.414 e. The number of hydrogen-bond acceptors (Lipinski definition) is 5. The molecular weight excluding hydrogens is 336 g/mol. The second kappa shape index (κ2) is 10.3. The molecule has 0 unspecified atom stereocenters. The Labute approximate surface area is 154 Å². The summed E-state index contributed by atoms with van der Waals surface area (Å²) < 4.78 is 5.45. The van der Waals surface area contributed by atoms with Gasteiger partial charge in [-0.3, -0.25) is 9.80 Å². The summed E-state index contributed by atoms with van der Waals surface area (Å²) in [6.45, 7) is 9.89. The van der Waals surface area contributed by atoms with Crippen LogP contribution < -0.4 is 0 Å². The van der Waals surface area contributed by atoms with Gasteiger partial charge in [-0.25, -0.2) is 9.59 Å². The molecule has 7 heteroatoms. The maximum absolute atomic E-state index is 9.10. The second-order valence-electron chi connectivity index (χ2n) is 6.69. The molecule has 0 aromatic heterocycles. The first kappa shape index (κ1) is 20.4. The molecule has 2 fully saturated rings. The number of rotatable bonds is 3. The van der Waals surface area contributed by atoms with Crippen molar-refractivity contribution in [1.82, 2.24) is 9.80 Å². The number of aryl methyl sites for hydroxylation is 1. The summed E-state index contributed by atoms with van der Waals surface area (Å²) in [6.07, 6.45) is 2.62. The van der Waals surface area contributed by atoms with Crippen LogP contribution in [0.2, 0.25) is 0 Å². The molecule has 0 bridgehead atoms. The molecule has 2 aliphatic rings. The summed E-state index contributed by atoms with van der Waals surface area (Å²) in [7, 11) is 0. The molecule has 3 rings (SSSR count). The predicted molar refractivity (Wildman–Crippen MR) is 97.1 cm³/mol. The molecule has 2 aliphatic heterocycles. The van der Waals surface area contributed by atoms with Crippen molar-refractivity contribution in [2.45, 2.75) is 32.4 Å². The highest BCUT2D eigenvalue weighted by molar-refractivity contribution is 6.27. The van der Waals surface area contributed by atoms with Gasteiger partial charge in [0.1, 0.15) is 0 Å². The lowest BCUT2D eigenvalue weighted by atomic mass is 10.0. The van der Waals surface area contributed by atoms with E-state index < -0.39 is 11.9 Å². The van der Waals surface area contributed by atoms with Gasteiger partial charge in [0, 0.05) is 25.7 Å². The molecule has 0 spiro atoms. The van der Waals surface area contributed by atoms with E-state index in [9.17, 15) is 0 Å². The first-order chi connectivity index (χ1) is 12.5. The summed E-state index contributed by atoms with van der Waals surface area (Å²) in [4.78, 5) is 23.4. The number of carboxylic acid groups (broad SMARTS) is 2. The van der Waals surface area contributed by atoms with Gasteiger partial charge in [-0.05, 0) is 44.0 Å². The van der Waals surface area contributed by atoms with Gasteiger partial charge < -0.3 is 14.9 Å². The van der Waals surface area contributed by atoms with Crippen LogP contribution in [-0.2, 0) is 20.9 Å². The van der Waals surface area contributed by atoms with Crippen LogP contribution in [0, 0.1) is 6.92 Å². The van der Waals surface area contributed by atoms with E-state index in [1.165, 1.54) is 37.1 Å². The van der Waals surface area contributed by atoms with E-state index in [-0.39, 0.29) is 0 Å². The van der Waals surface area contributed by atoms with Crippen molar-refractivity contribution in [2.75, 3.05) is 39.4 Å². The third kappa shape index (κ3) is 6.40. The first-order valence-electron chi connectivity index (χ1n) is 9.02. The summed E-state index contributed by atoms with van der Waals surface area (Å²) in [6, 6.07) is 9.55. The van der Waals surface area contributed by atoms with Crippen LogP contribution in [0.1, 0.15) is 24.0 Å². The van der Waals surface area contributed by atoms with Crippen LogP contribution in [0.5, 0.6) is 0 Å². The Morgan fingerprint density at radius 1 is 1.04 bits per heavy atom. The van der Waals surface area contributed by atoms with Gasteiger partial charge in [-0.1, -0.05) is 24.3 Å². The Hall–Kier alpha value is -1.96. The predicted octanol–water partition coefficient (Wildman–Crippen LogP) is 1.45. The van der Waals surface area contributed by atoms with Crippen LogP contribution >= 0.6 is 0 Å². The van der Waals surface area contributed by atoms with E-state index in [1.54, 1.807) is 0 Å². The quantitative estimate of drug-likeness (QED) is 0.785. The van der Waals surface area contributed by atoms with Gasteiger partial charge in [-0.2, -0.15) is 0 Å². The number of likely N-dealkylation sites (tertiary alicyclic amines) is 1. The van der Waals surface area contributed by atoms with Gasteiger partial charge >= 0.3 is 11.9 Å². The SMILES string of the molecule is Cc1ccccc1CN1CCC(N2CCOCC2)CC1.O=C(O)C(=O)O. The van der Waals surface area contributed by atoms with Crippen molar-refractivity contribution in [3.8, 4) is 0 Å². The number of aliphatic carboxylic acids is 2. The van der Waals surface area contributed by atoms with Crippen molar-refractivity contribution in [2.24, 2.45) is 0 Å². The van der Waals surface area contributed by atoms with E-state index in [1.807, 2.05) is 0 Å². The Kier molecular flexibility index (Phi) is 8.03. The zero-order chi connectivity index (χ0) is 18.9. The van der Waals surface area contributed by atoms with E-state index in [0.717, 1.165) is 38.9 Å². The molecule has 2 heterocycles. The third-order valence-corrected chi connectivity index (χ3v) is 4.96. The molecule has 0 amide bonds. The van der Waals surface area contributed by atoms with Gasteiger partial charge in [0.15, 0.2) is 0 Å². The summed E-state index contributed by atoms with van der Waals surface area (Å²) in [5.41, 5.74) is 2.90. The molecule has 0 atom stereocenters. The minimum atomic E-state index is -1.82. The fourth-order valence-electron chi connectivity index (χ4n) is 3.41. The van der Waals surface area contributed by atoms with Crippen LogP contribution in [0.3, 0.4) is 0 Å². The Morgan fingerprint density at radius 3 is 2.15 bits per heavy atom. The van der Waals surface area contributed by atoms with E-state index in [0.29, 0.717) is 0 Å². The molecule has 0 aliphatic carbocycles. The van der Waals surface area contributed by atoms with Crippen molar-refractivity contribution in [3.05, 3.63) is 35.4 Å². The fourth-order valence-corrected chi connectivity index (χ4v) is 3.41. The van der Waals surface area contributed by atoms with Crippen molar-refractivity contribution >= 4 is 11.9 Å². The van der Waals surface area contributed by atoms with Crippen molar-refractivity contribution < 1.29 is 24.5 Å². The molecule has 2 saturated heterocycles. The normalized spacial score (nSPS) is 19.4. The monoisotopic (exact) mass is 364 g/mol. The van der Waals surface area contributed by atoms with Gasteiger partial charge in [0.2, 0.25) is 0 Å². The van der Waals surface area contributed by atoms with E-state index >= 15 is 0 Å². The molecule has 2 N–H and O–H groups in total. The lowest BCUT2D eigenvalue weighted by molar-refractivity contribution is -0.159. The van der Waals surface area contributed by atoms with Crippen LogP contribution in [-0.4, -0.2) is 77.4 Å². The lowest BCUT2D eigenvalue weighted by Crippen LogP contribution is -2.48. The largest absolute Gasteiger partial charge is 0.473 e. The molecular formula is C19H28N2O5. The molecule has 144 valence electrons. The average molecular weight is 364 g/mol. The lowest BCUT2D eigenvalue weighted by Gasteiger charge is -2.40. The van der Waals surface area contributed by atoms with Crippen LogP contribution in [0.15, 0.2) is 24.3 Å². The molecule has 0 radical (unpaired) electrons. The van der Waals surface area contributed by atoms with E-state index in [4.69, 9.17) is 24.5 Å². The Bertz CT molecular complexity index is 581. The summed E-state index contributed by atoms with van der Waals surface area (Å²) >= 11 is 0. The number of carbonyl (C=O) groups is 2. The number of ether oxygens (including phenoxy) is 1.